The molecule has 0 radical (unpaired) electrons. The summed E-state index contributed by atoms with van der Waals surface area (Å²) < 4.78 is 29.3. The molecule has 3 aromatic rings. The number of rotatable bonds is 4. The Balaban J connectivity index is 1.57. The second-order valence-electron chi connectivity index (χ2n) is 10.7. The molecular formula is C32H29ClF2N4O4. The van der Waals surface area contributed by atoms with Gasteiger partial charge >= 0.3 is 5.97 Å². The quantitative estimate of drug-likeness (QED) is 0.177. The van der Waals surface area contributed by atoms with E-state index in [2.05, 4.69) is 10.3 Å². The van der Waals surface area contributed by atoms with Crippen molar-refractivity contribution in [2.75, 3.05) is 17.6 Å². The number of aromatic nitrogens is 1. The number of anilines is 2. The molecule has 4 N–H and O–H groups in total. The van der Waals surface area contributed by atoms with Crippen molar-refractivity contribution in [3.05, 3.63) is 88.2 Å². The molecule has 0 unspecified atom stereocenters. The van der Waals surface area contributed by atoms with Gasteiger partial charge in [0.1, 0.15) is 5.82 Å². The third kappa shape index (κ3) is 6.29. The zero-order chi connectivity index (χ0) is 30.8. The van der Waals surface area contributed by atoms with Gasteiger partial charge in [-0.05, 0) is 78.4 Å². The van der Waals surface area contributed by atoms with Gasteiger partial charge in [-0.25, -0.2) is 13.6 Å². The van der Waals surface area contributed by atoms with E-state index in [0.717, 1.165) is 18.2 Å². The number of halogens is 3. The van der Waals surface area contributed by atoms with E-state index in [4.69, 9.17) is 22.4 Å². The van der Waals surface area contributed by atoms with Crippen molar-refractivity contribution in [2.24, 2.45) is 5.92 Å². The number of carbonyl (C=O) groups is 3. The van der Waals surface area contributed by atoms with Gasteiger partial charge in [-0.1, -0.05) is 24.9 Å². The number of benzene rings is 2. The number of nitrogens with two attached hydrogens (primary N) is 1. The number of nitrogen functional groups attached to an aromatic ring is 1. The molecule has 43 heavy (non-hydrogen) atoms. The van der Waals surface area contributed by atoms with Crippen molar-refractivity contribution in [2.45, 2.75) is 38.6 Å². The fourth-order valence-electron chi connectivity index (χ4n) is 5.53. The number of carboxylic acid groups (broad SMARTS) is 1. The Labute approximate surface area is 251 Å². The van der Waals surface area contributed by atoms with Gasteiger partial charge in [-0.2, -0.15) is 0 Å². The van der Waals surface area contributed by atoms with E-state index in [1.165, 1.54) is 12.2 Å². The van der Waals surface area contributed by atoms with Gasteiger partial charge < -0.3 is 21.1 Å². The highest BCUT2D eigenvalue weighted by atomic mass is 35.5. The van der Waals surface area contributed by atoms with Gasteiger partial charge in [0, 0.05) is 42.1 Å². The number of carbonyl (C=O) groups excluding carboxylic acids is 2. The Kier molecular flexibility index (Phi) is 8.59. The first-order valence-electron chi connectivity index (χ1n) is 13.8. The number of hydrogen-bond donors (Lipinski definition) is 3. The summed E-state index contributed by atoms with van der Waals surface area (Å²) >= 11 is 5.89. The Hall–Kier alpha value is -4.57. The standard InChI is InChI=1S/C32H29ClF2N4O4/c1-17-3-2-4-27(39-12-10-20(15-28(39)40)30-23(34)7-6-22(33)31(30)35)26-14-18(9-11-37-26)21-13-19(5-8-29(41)42)24(36)16-25(21)38-32(17)43/h5-9,11,13-17,27H,2-4,10,12,36H2,1H3,(H,38,43)(H,41,42)/t17-,27+/m1/s1. The van der Waals surface area contributed by atoms with Crippen molar-refractivity contribution < 1.29 is 28.3 Å². The van der Waals surface area contributed by atoms with Crippen LogP contribution in [0.5, 0.6) is 0 Å². The molecule has 2 amide bonds. The van der Waals surface area contributed by atoms with E-state index in [-0.39, 0.29) is 46.6 Å². The molecule has 0 saturated heterocycles. The van der Waals surface area contributed by atoms with E-state index >= 15 is 0 Å². The zero-order valence-electron chi connectivity index (χ0n) is 23.2. The monoisotopic (exact) mass is 606 g/mol. The Bertz CT molecular complexity index is 1690. The van der Waals surface area contributed by atoms with Crippen LogP contribution in [-0.4, -0.2) is 39.3 Å². The van der Waals surface area contributed by atoms with Crippen molar-refractivity contribution in [3.8, 4) is 11.1 Å². The van der Waals surface area contributed by atoms with Crippen LogP contribution in [0.3, 0.4) is 0 Å². The van der Waals surface area contributed by atoms with Crippen LogP contribution in [-0.2, 0) is 14.4 Å². The first-order valence-corrected chi connectivity index (χ1v) is 14.2. The average molecular weight is 607 g/mol. The van der Waals surface area contributed by atoms with Crippen molar-refractivity contribution >= 4 is 52.4 Å². The smallest absolute Gasteiger partial charge is 0.328 e. The molecule has 3 heterocycles. The summed E-state index contributed by atoms with van der Waals surface area (Å²) in [6.07, 6.45) is 7.06. The molecule has 1 aromatic heterocycles. The van der Waals surface area contributed by atoms with Crippen LogP contribution in [0.2, 0.25) is 5.02 Å². The number of nitrogens with one attached hydrogen (secondary N) is 1. The number of pyridine rings is 1. The third-order valence-corrected chi connectivity index (χ3v) is 8.12. The minimum absolute atomic E-state index is 0.194. The number of nitrogens with zero attached hydrogens (tertiary/aromatic N) is 2. The fraction of sp³-hybridized carbons (Fsp3) is 0.250. The third-order valence-electron chi connectivity index (χ3n) is 7.83. The predicted octanol–water partition coefficient (Wildman–Crippen LogP) is 6.48. The lowest BCUT2D eigenvalue weighted by Crippen LogP contribution is -2.38. The molecule has 222 valence electrons. The minimum atomic E-state index is -1.13. The summed E-state index contributed by atoms with van der Waals surface area (Å²) in [6, 6.07) is 8.61. The van der Waals surface area contributed by atoms with Crippen molar-refractivity contribution in [1.82, 2.24) is 9.88 Å². The topological polar surface area (TPSA) is 126 Å². The van der Waals surface area contributed by atoms with Crippen molar-refractivity contribution in [3.63, 3.8) is 0 Å². The Morgan fingerprint density at radius 3 is 2.72 bits per heavy atom. The van der Waals surface area contributed by atoms with Crippen molar-refractivity contribution in [1.29, 1.82) is 0 Å². The Morgan fingerprint density at radius 2 is 1.98 bits per heavy atom. The highest BCUT2D eigenvalue weighted by Gasteiger charge is 2.31. The second-order valence-corrected chi connectivity index (χ2v) is 11.1. The molecule has 8 nitrogen and oxygen atoms in total. The molecule has 2 aliphatic rings. The van der Waals surface area contributed by atoms with Gasteiger partial charge in [0.25, 0.3) is 0 Å². The summed E-state index contributed by atoms with van der Waals surface area (Å²) in [5, 5.41) is 11.8. The van der Waals surface area contributed by atoms with Crippen LogP contribution in [0.4, 0.5) is 20.2 Å². The van der Waals surface area contributed by atoms with Crippen LogP contribution in [0, 0.1) is 17.6 Å². The summed E-state index contributed by atoms with van der Waals surface area (Å²) in [5.74, 6) is -3.80. The van der Waals surface area contributed by atoms with Crippen LogP contribution in [0.1, 0.15) is 55.5 Å². The van der Waals surface area contributed by atoms with E-state index in [1.54, 1.807) is 29.3 Å². The maximum Gasteiger partial charge on any atom is 0.328 e. The molecule has 2 atom stereocenters. The fourth-order valence-corrected chi connectivity index (χ4v) is 5.69. The highest BCUT2D eigenvalue weighted by molar-refractivity contribution is 6.31. The zero-order valence-corrected chi connectivity index (χ0v) is 24.0. The number of fused-ring (bicyclic) bond motifs is 4. The summed E-state index contributed by atoms with van der Waals surface area (Å²) in [4.78, 5) is 44.0. The molecule has 2 aromatic carbocycles. The molecular weight excluding hydrogens is 578 g/mol. The lowest BCUT2D eigenvalue weighted by atomic mass is 9.92. The van der Waals surface area contributed by atoms with Gasteiger partial charge in [0.05, 0.1) is 28.0 Å². The average Bonchev–Trinajstić information content (AvgIpc) is 2.97. The minimum Gasteiger partial charge on any atom is -0.478 e. The van der Waals surface area contributed by atoms with Crippen LogP contribution < -0.4 is 11.1 Å². The number of carboxylic acids is 1. The molecule has 2 bridgehead atoms. The van der Waals surface area contributed by atoms with Gasteiger partial charge in [0.15, 0.2) is 5.82 Å². The lowest BCUT2D eigenvalue weighted by Gasteiger charge is -2.34. The molecule has 0 saturated carbocycles. The lowest BCUT2D eigenvalue weighted by molar-refractivity contribution is -0.131. The second kappa shape index (κ2) is 12.3. The summed E-state index contributed by atoms with van der Waals surface area (Å²) in [7, 11) is 0. The van der Waals surface area contributed by atoms with Gasteiger partial charge in [0.2, 0.25) is 11.8 Å². The maximum absolute atomic E-state index is 14.7. The van der Waals surface area contributed by atoms with Gasteiger partial charge in [-0.15, -0.1) is 0 Å². The Morgan fingerprint density at radius 1 is 1.19 bits per heavy atom. The van der Waals surface area contributed by atoms with Crippen LogP contribution in [0.15, 0.2) is 54.7 Å². The molecule has 5 rings (SSSR count). The number of hydrogen-bond acceptors (Lipinski definition) is 5. The van der Waals surface area contributed by atoms with E-state index in [1.807, 2.05) is 13.0 Å². The SMILES string of the molecule is C[C@@H]1CCC[C@H](N2CCC(c3c(F)ccc(Cl)c3F)=CC2=O)c2cc(ccn2)-c2cc(C=CC(=O)O)c(N)cc2NC1=O. The molecule has 2 aliphatic heterocycles. The van der Waals surface area contributed by atoms with Crippen LogP contribution in [0.25, 0.3) is 22.8 Å². The number of aliphatic carboxylic acids is 1. The molecule has 11 heteroatoms. The number of amides is 2. The van der Waals surface area contributed by atoms with E-state index < -0.39 is 29.6 Å². The van der Waals surface area contributed by atoms with Gasteiger partial charge in [-0.3, -0.25) is 14.6 Å². The normalized spacial score (nSPS) is 19.3. The first-order chi connectivity index (χ1) is 20.5. The van der Waals surface area contributed by atoms with E-state index in [9.17, 15) is 23.2 Å². The molecule has 0 spiro atoms. The predicted molar refractivity (Wildman–Crippen MR) is 161 cm³/mol. The largest absolute Gasteiger partial charge is 0.478 e. The highest BCUT2D eigenvalue weighted by Crippen LogP contribution is 2.38. The summed E-state index contributed by atoms with van der Waals surface area (Å²) in [6.45, 7) is 2.01. The molecule has 0 aliphatic carbocycles. The molecule has 0 fully saturated rings. The summed E-state index contributed by atoms with van der Waals surface area (Å²) in [5.41, 5.74) is 9.22. The first kappa shape index (κ1) is 29.9. The van der Waals surface area contributed by atoms with Crippen LogP contribution >= 0.6 is 11.6 Å². The van der Waals surface area contributed by atoms with E-state index in [0.29, 0.717) is 47.3 Å². The maximum atomic E-state index is 14.7.